The van der Waals surface area contributed by atoms with Crippen molar-refractivity contribution >= 4 is 5.97 Å². The number of esters is 1. The molecule has 4 atom stereocenters. The summed E-state index contributed by atoms with van der Waals surface area (Å²) < 4.78 is 23.3. The van der Waals surface area contributed by atoms with Crippen LogP contribution in [0.3, 0.4) is 0 Å². The number of hydrogen-bond donors (Lipinski definition) is 1. The molecule has 3 rings (SSSR count). The summed E-state index contributed by atoms with van der Waals surface area (Å²) in [6, 6.07) is 8.82. The number of aliphatic hydroxyl groups is 1. The molecule has 2 saturated heterocycles. The molecule has 6 heteroatoms. The van der Waals surface area contributed by atoms with Gasteiger partial charge < -0.3 is 24.1 Å². The van der Waals surface area contributed by atoms with Crippen LogP contribution in [0.25, 0.3) is 0 Å². The van der Waals surface area contributed by atoms with Crippen LogP contribution in [-0.4, -0.2) is 54.0 Å². The van der Waals surface area contributed by atoms with Crippen molar-refractivity contribution in [2.75, 3.05) is 13.2 Å². The molecular weight excluding hydrogens is 324 g/mol. The van der Waals surface area contributed by atoms with E-state index < -0.39 is 29.6 Å². The molecule has 1 aromatic carbocycles. The molecule has 2 heterocycles. The van der Waals surface area contributed by atoms with Gasteiger partial charge in [-0.05, 0) is 45.7 Å². The van der Waals surface area contributed by atoms with Crippen molar-refractivity contribution in [2.45, 2.75) is 63.3 Å². The maximum atomic E-state index is 12.3. The molecule has 25 heavy (non-hydrogen) atoms. The highest BCUT2D eigenvalue weighted by Gasteiger charge is 2.50. The Hall–Kier alpha value is -1.47. The van der Waals surface area contributed by atoms with E-state index in [1.54, 1.807) is 24.3 Å². The van der Waals surface area contributed by atoms with Crippen molar-refractivity contribution in [3.8, 4) is 0 Å². The third kappa shape index (κ3) is 4.03. The minimum atomic E-state index is -0.637. The predicted molar refractivity (Wildman–Crippen MR) is 90.1 cm³/mol. The number of benzene rings is 1. The van der Waals surface area contributed by atoms with E-state index >= 15 is 0 Å². The van der Waals surface area contributed by atoms with Gasteiger partial charge in [0.2, 0.25) is 0 Å². The van der Waals surface area contributed by atoms with E-state index in [1.807, 2.05) is 26.8 Å². The van der Waals surface area contributed by atoms with E-state index in [-0.39, 0.29) is 12.7 Å². The third-order valence-electron chi connectivity index (χ3n) is 4.90. The Labute approximate surface area is 148 Å². The maximum Gasteiger partial charge on any atom is 0.338 e. The van der Waals surface area contributed by atoms with Gasteiger partial charge >= 0.3 is 5.97 Å². The molecule has 0 bridgehead atoms. The van der Waals surface area contributed by atoms with Crippen molar-refractivity contribution in [1.29, 1.82) is 0 Å². The van der Waals surface area contributed by atoms with Crippen molar-refractivity contribution in [2.24, 2.45) is 0 Å². The van der Waals surface area contributed by atoms with Gasteiger partial charge in [0.1, 0.15) is 18.3 Å². The van der Waals surface area contributed by atoms with E-state index in [4.69, 9.17) is 18.9 Å². The van der Waals surface area contributed by atoms with Gasteiger partial charge in [-0.25, -0.2) is 4.79 Å². The Balaban J connectivity index is 1.65. The van der Waals surface area contributed by atoms with Gasteiger partial charge in [0.25, 0.3) is 0 Å². The van der Waals surface area contributed by atoms with Crippen LogP contribution in [0.2, 0.25) is 0 Å². The lowest BCUT2D eigenvalue weighted by molar-refractivity contribution is -0.231. The Kier molecular flexibility index (Phi) is 5.16. The molecule has 0 aromatic heterocycles. The molecule has 0 saturated carbocycles. The topological polar surface area (TPSA) is 74.2 Å². The smallest absolute Gasteiger partial charge is 0.338 e. The minimum absolute atomic E-state index is 0.220. The van der Waals surface area contributed by atoms with Crippen LogP contribution in [0.15, 0.2) is 30.3 Å². The lowest BCUT2D eigenvalue weighted by Gasteiger charge is -2.44. The molecule has 138 valence electrons. The molecular formula is C19H26O6. The summed E-state index contributed by atoms with van der Waals surface area (Å²) in [5.41, 5.74) is -0.0987. The second-order valence-electron chi connectivity index (χ2n) is 7.32. The summed E-state index contributed by atoms with van der Waals surface area (Å²) in [6.45, 7) is 5.91. The van der Waals surface area contributed by atoms with E-state index in [9.17, 15) is 9.90 Å². The highest BCUT2D eigenvalue weighted by Crippen LogP contribution is 2.39. The molecule has 2 aliphatic rings. The van der Waals surface area contributed by atoms with E-state index in [2.05, 4.69) is 0 Å². The number of carbonyl (C=O) groups excluding carboxylic acids is 1. The summed E-state index contributed by atoms with van der Waals surface area (Å²) in [5.74, 6) is -1.04. The van der Waals surface area contributed by atoms with Gasteiger partial charge in [-0.1, -0.05) is 18.2 Å². The van der Waals surface area contributed by atoms with Gasteiger partial charge in [-0.3, -0.25) is 0 Å². The van der Waals surface area contributed by atoms with Crippen LogP contribution in [0, 0.1) is 0 Å². The molecule has 1 unspecified atom stereocenters. The van der Waals surface area contributed by atoms with Crippen LogP contribution in [0.4, 0.5) is 0 Å². The zero-order valence-electron chi connectivity index (χ0n) is 14.9. The van der Waals surface area contributed by atoms with Crippen LogP contribution in [0.1, 0.15) is 44.0 Å². The third-order valence-corrected chi connectivity index (χ3v) is 4.90. The summed E-state index contributed by atoms with van der Waals surface area (Å²) in [4.78, 5) is 12.3. The van der Waals surface area contributed by atoms with Crippen LogP contribution >= 0.6 is 0 Å². The van der Waals surface area contributed by atoms with E-state index in [0.29, 0.717) is 25.0 Å². The zero-order valence-corrected chi connectivity index (χ0v) is 14.9. The summed E-state index contributed by atoms with van der Waals surface area (Å²) in [7, 11) is 0. The normalized spacial score (nSPS) is 34.6. The standard InChI is InChI=1S/C19H26O6/c1-18(2)22-12-16(25-18)19(3)10-9-14(15(11-20)24-19)23-17(21)13-7-5-4-6-8-13/h4-8,14-16,20H,9-12H2,1-3H3/t14-,15?,16+,19-/m0/s1. The van der Waals surface area contributed by atoms with Crippen molar-refractivity contribution in [3.63, 3.8) is 0 Å². The van der Waals surface area contributed by atoms with Gasteiger partial charge in [-0.15, -0.1) is 0 Å². The molecule has 2 aliphatic heterocycles. The summed E-state index contributed by atoms with van der Waals surface area (Å²) >= 11 is 0. The second kappa shape index (κ2) is 7.03. The molecule has 2 fully saturated rings. The second-order valence-corrected chi connectivity index (χ2v) is 7.32. The quantitative estimate of drug-likeness (QED) is 0.840. The van der Waals surface area contributed by atoms with Gasteiger partial charge in [0.15, 0.2) is 5.79 Å². The molecule has 6 nitrogen and oxygen atoms in total. The number of ether oxygens (including phenoxy) is 4. The van der Waals surface area contributed by atoms with Crippen LogP contribution in [-0.2, 0) is 18.9 Å². The van der Waals surface area contributed by atoms with Crippen LogP contribution in [0.5, 0.6) is 0 Å². The van der Waals surface area contributed by atoms with Crippen molar-refractivity contribution in [3.05, 3.63) is 35.9 Å². The van der Waals surface area contributed by atoms with Gasteiger partial charge in [0, 0.05) is 0 Å². The zero-order chi connectivity index (χ0) is 18.1. The fraction of sp³-hybridized carbons (Fsp3) is 0.632. The number of hydrogen-bond acceptors (Lipinski definition) is 6. The maximum absolute atomic E-state index is 12.3. The number of aliphatic hydroxyl groups excluding tert-OH is 1. The molecule has 0 radical (unpaired) electrons. The lowest BCUT2D eigenvalue weighted by Crippen LogP contribution is -2.55. The van der Waals surface area contributed by atoms with E-state index in [1.165, 1.54) is 0 Å². The number of carbonyl (C=O) groups is 1. The highest BCUT2D eigenvalue weighted by molar-refractivity contribution is 5.89. The first-order valence-electron chi connectivity index (χ1n) is 8.69. The minimum Gasteiger partial charge on any atom is -0.456 e. The fourth-order valence-electron chi connectivity index (χ4n) is 3.39. The first-order valence-corrected chi connectivity index (χ1v) is 8.69. The number of rotatable bonds is 4. The highest BCUT2D eigenvalue weighted by atomic mass is 16.8. The van der Waals surface area contributed by atoms with Crippen molar-refractivity contribution < 1.29 is 28.8 Å². The average Bonchev–Trinajstić information content (AvgIpc) is 2.98. The summed E-state index contributed by atoms with van der Waals surface area (Å²) in [5, 5.41) is 9.73. The van der Waals surface area contributed by atoms with Gasteiger partial charge in [-0.2, -0.15) is 0 Å². The van der Waals surface area contributed by atoms with Crippen LogP contribution < -0.4 is 0 Å². The molecule has 0 spiro atoms. The van der Waals surface area contributed by atoms with Gasteiger partial charge in [0.05, 0.1) is 24.4 Å². The lowest BCUT2D eigenvalue weighted by atomic mass is 9.87. The molecule has 0 aliphatic carbocycles. The monoisotopic (exact) mass is 350 g/mol. The van der Waals surface area contributed by atoms with E-state index in [0.717, 1.165) is 0 Å². The predicted octanol–water partition coefficient (Wildman–Crippen LogP) is 2.29. The van der Waals surface area contributed by atoms with Crippen molar-refractivity contribution in [1.82, 2.24) is 0 Å². The Bertz CT molecular complexity index is 601. The Morgan fingerprint density at radius 2 is 1.96 bits per heavy atom. The first kappa shape index (κ1) is 18.3. The molecule has 0 amide bonds. The Morgan fingerprint density at radius 1 is 1.24 bits per heavy atom. The average molecular weight is 350 g/mol. The summed E-state index contributed by atoms with van der Waals surface area (Å²) in [6.07, 6.45) is -0.0387. The first-order chi connectivity index (χ1) is 11.8. The largest absolute Gasteiger partial charge is 0.456 e. The SMILES string of the molecule is CC1(C)OC[C@H]([C@]2(C)CC[C@H](OC(=O)c3ccccc3)C(CO)O2)O1. The molecule has 1 N–H and O–H groups in total. The fourth-order valence-corrected chi connectivity index (χ4v) is 3.39. The Morgan fingerprint density at radius 3 is 2.56 bits per heavy atom. The molecule has 1 aromatic rings.